The van der Waals surface area contributed by atoms with Gasteiger partial charge in [0.25, 0.3) is 0 Å². The Balaban J connectivity index is 1.22. The number of anilines is 1. The fourth-order valence-electron chi connectivity index (χ4n) is 4.22. The van der Waals surface area contributed by atoms with Gasteiger partial charge in [-0.3, -0.25) is 14.5 Å². The van der Waals surface area contributed by atoms with E-state index in [-0.39, 0.29) is 18.4 Å². The molecule has 1 saturated heterocycles. The van der Waals surface area contributed by atoms with Crippen molar-refractivity contribution in [1.82, 2.24) is 24.6 Å². The second-order valence-electron chi connectivity index (χ2n) is 8.90. The van der Waals surface area contributed by atoms with E-state index in [2.05, 4.69) is 20.4 Å². The number of amides is 1. The highest BCUT2D eigenvalue weighted by Gasteiger charge is 2.30. The number of halogens is 3. The van der Waals surface area contributed by atoms with Gasteiger partial charge in [-0.15, -0.1) is 0 Å². The summed E-state index contributed by atoms with van der Waals surface area (Å²) in [7, 11) is 0. The Hall–Kier alpha value is -3.01. The smallest absolute Gasteiger partial charge is 0.310 e. The number of likely N-dealkylation sites (tertiary alicyclic amines) is 1. The van der Waals surface area contributed by atoms with Crippen LogP contribution in [-0.4, -0.2) is 56.4 Å². The van der Waals surface area contributed by atoms with Gasteiger partial charge in [-0.2, -0.15) is 18.3 Å². The molecule has 7 nitrogen and oxygen atoms in total. The number of piperidine rings is 1. The Kier molecular flexibility index (Phi) is 5.77. The maximum absolute atomic E-state index is 12.7. The highest BCUT2D eigenvalue weighted by molar-refractivity contribution is 5.94. The molecule has 33 heavy (non-hydrogen) atoms. The number of rotatable bonds is 6. The summed E-state index contributed by atoms with van der Waals surface area (Å²) in [6.45, 7) is 0.960. The monoisotopic (exact) mass is 458 g/mol. The van der Waals surface area contributed by atoms with E-state index in [4.69, 9.17) is 0 Å². The molecule has 0 aromatic carbocycles. The van der Waals surface area contributed by atoms with Gasteiger partial charge in [-0.05, 0) is 50.9 Å². The number of hydrogen-bond acceptors (Lipinski definition) is 5. The average molecular weight is 458 g/mol. The van der Waals surface area contributed by atoms with E-state index < -0.39 is 12.6 Å². The maximum Gasteiger partial charge on any atom is 0.390 e. The minimum atomic E-state index is -4.15. The number of fused-ring (bicyclic) bond motifs is 1. The Morgan fingerprint density at radius 3 is 2.55 bits per heavy atom. The van der Waals surface area contributed by atoms with Crippen LogP contribution in [-0.2, 0) is 4.79 Å². The first-order chi connectivity index (χ1) is 15.8. The van der Waals surface area contributed by atoms with Gasteiger partial charge in [0.2, 0.25) is 5.91 Å². The first-order valence-corrected chi connectivity index (χ1v) is 11.2. The summed E-state index contributed by atoms with van der Waals surface area (Å²) >= 11 is 0. The van der Waals surface area contributed by atoms with Crippen LogP contribution < -0.4 is 5.32 Å². The van der Waals surface area contributed by atoms with E-state index in [1.165, 1.54) is 12.8 Å². The predicted octanol–water partition coefficient (Wildman–Crippen LogP) is 4.43. The maximum atomic E-state index is 12.7. The Bertz CT molecular complexity index is 1150. The zero-order valence-corrected chi connectivity index (χ0v) is 18.1. The Labute approximate surface area is 189 Å². The van der Waals surface area contributed by atoms with Gasteiger partial charge >= 0.3 is 6.18 Å². The van der Waals surface area contributed by atoms with Crippen molar-refractivity contribution in [2.75, 3.05) is 25.0 Å². The number of alkyl halides is 3. The minimum Gasteiger partial charge on any atom is -0.310 e. The zero-order chi connectivity index (χ0) is 23.0. The van der Waals surface area contributed by atoms with Crippen molar-refractivity contribution in [3.05, 3.63) is 36.9 Å². The molecule has 0 unspecified atom stereocenters. The SMILES string of the molecule is O=C(Nc1cc2cc(-c3cnn(C4CC4)c3)cnc2cn1)C1CCN(CCC(F)(F)F)CC1. The molecule has 0 atom stereocenters. The first kappa shape index (κ1) is 21.8. The van der Waals surface area contributed by atoms with Crippen LogP contribution in [0, 0.1) is 5.92 Å². The summed E-state index contributed by atoms with van der Waals surface area (Å²) in [6, 6.07) is 4.32. The van der Waals surface area contributed by atoms with Gasteiger partial charge in [0.05, 0.1) is 30.4 Å². The van der Waals surface area contributed by atoms with Crippen LogP contribution in [0.5, 0.6) is 0 Å². The van der Waals surface area contributed by atoms with Crippen molar-refractivity contribution < 1.29 is 18.0 Å². The number of nitrogens with one attached hydrogen (secondary N) is 1. The molecule has 0 bridgehead atoms. The normalized spacial score (nSPS) is 18.0. The van der Waals surface area contributed by atoms with Gasteiger partial charge in [0, 0.05) is 41.4 Å². The standard InChI is InChI=1S/C23H25F3N6O/c24-23(25,26)5-8-31-6-3-15(4-7-31)22(33)30-21-10-16-9-17(11-27-20(16)13-28-21)18-12-29-32(14-18)19-1-2-19/h9-15,19H,1-8H2,(H,28,30,33). The van der Waals surface area contributed by atoms with Crippen LogP contribution in [0.25, 0.3) is 22.0 Å². The Morgan fingerprint density at radius 2 is 1.82 bits per heavy atom. The molecule has 2 fully saturated rings. The number of carbonyl (C=O) groups excluding carboxylic acids is 1. The van der Waals surface area contributed by atoms with Crippen molar-refractivity contribution in [2.45, 2.75) is 44.3 Å². The van der Waals surface area contributed by atoms with E-state index in [1.54, 1.807) is 23.4 Å². The number of pyridine rings is 2. The third-order valence-corrected chi connectivity index (χ3v) is 6.34. The number of nitrogens with zero attached hydrogens (tertiary/aromatic N) is 5. The van der Waals surface area contributed by atoms with Crippen molar-refractivity contribution in [2.24, 2.45) is 5.92 Å². The van der Waals surface area contributed by atoms with Crippen LogP contribution in [0.2, 0.25) is 0 Å². The molecular formula is C23H25F3N6O. The lowest BCUT2D eigenvalue weighted by Gasteiger charge is -2.31. The second-order valence-corrected chi connectivity index (χ2v) is 8.90. The summed E-state index contributed by atoms with van der Waals surface area (Å²) in [5.74, 6) is 0.0640. The van der Waals surface area contributed by atoms with Gasteiger partial charge < -0.3 is 10.2 Å². The lowest BCUT2D eigenvalue weighted by molar-refractivity contribution is -0.139. The van der Waals surface area contributed by atoms with Crippen LogP contribution in [0.15, 0.2) is 36.9 Å². The largest absolute Gasteiger partial charge is 0.390 e. The summed E-state index contributed by atoms with van der Waals surface area (Å²) in [5, 5.41) is 8.16. The fourth-order valence-corrected chi connectivity index (χ4v) is 4.22. The van der Waals surface area contributed by atoms with Crippen LogP contribution in [0.4, 0.5) is 19.0 Å². The van der Waals surface area contributed by atoms with E-state index in [9.17, 15) is 18.0 Å². The molecule has 1 saturated carbocycles. The fraction of sp³-hybridized carbons (Fsp3) is 0.478. The molecule has 3 aromatic heterocycles. The first-order valence-electron chi connectivity index (χ1n) is 11.2. The van der Waals surface area contributed by atoms with E-state index in [0.29, 0.717) is 37.8 Å². The third-order valence-electron chi connectivity index (χ3n) is 6.34. The molecule has 5 rings (SSSR count). The summed E-state index contributed by atoms with van der Waals surface area (Å²) in [6.07, 6.45) is 5.73. The van der Waals surface area contributed by atoms with Crippen LogP contribution >= 0.6 is 0 Å². The highest BCUT2D eigenvalue weighted by atomic mass is 19.4. The molecule has 174 valence electrons. The lowest BCUT2D eigenvalue weighted by atomic mass is 9.96. The number of carbonyl (C=O) groups is 1. The van der Waals surface area contributed by atoms with Crippen molar-refractivity contribution in [1.29, 1.82) is 0 Å². The molecule has 10 heteroatoms. The molecule has 4 heterocycles. The molecule has 0 spiro atoms. The molecule has 1 N–H and O–H groups in total. The lowest BCUT2D eigenvalue weighted by Crippen LogP contribution is -2.39. The zero-order valence-electron chi connectivity index (χ0n) is 18.1. The summed E-state index contributed by atoms with van der Waals surface area (Å²) in [5.41, 5.74) is 2.67. The average Bonchev–Trinajstić information content (AvgIpc) is 3.53. The molecule has 1 amide bonds. The minimum absolute atomic E-state index is 0.0149. The topological polar surface area (TPSA) is 75.9 Å². The van der Waals surface area contributed by atoms with Gasteiger partial charge in [0.15, 0.2) is 0 Å². The van der Waals surface area contributed by atoms with Gasteiger partial charge in [-0.1, -0.05) is 0 Å². The van der Waals surface area contributed by atoms with Gasteiger partial charge in [-0.25, -0.2) is 4.98 Å². The summed E-state index contributed by atoms with van der Waals surface area (Å²) < 4.78 is 39.3. The molecule has 3 aromatic rings. The molecule has 1 aliphatic heterocycles. The van der Waals surface area contributed by atoms with Crippen LogP contribution in [0.1, 0.15) is 38.1 Å². The number of hydrogen-bond donors (Lipinski definition) is 1. The third kappa shape index (κ3) is 5.32. The van der Waals surface area contributed by atoms with E-state index in [1.807, 2.05) is 23.1 Å². The van der Waals surface area contributed by atoms with Gasteiger partial charge in [0.1, 0.15) is 5.82 Å². The highest BCUT2D eigenvalue weighted by Crippen LogP contribution is 2.35. The van der Waals surface area contributed by atoms with Crippen molar-refractivity contribution >= 4 is 22.6 Å². The Morgan fingerprint density at radius 1 is 1.03 bits per heavy atom. The van der Waals surface area contributed by atoms with E-state index >= 15 is 0 Å². The number of aromatic nitrogens is 4. The summed E-state index contributed by atoms with van der Waals surface area (Å²) in [4.78, 5) is 23.3. The van der Waals surface area contributed by atoms with Crippen LogP contribution in [0.3, 0.4) is 0 Å². The van der Waals surface area contributed by atoms with E-state index in [0.717, 1.165) is 22.0 Å². The quantitative estimate of drug-likeness (QED) is 0.592. The molecule has 1 aliphatic carbocycles. The van der Waals surface area contributed by atoms with Crippen molar-refractivity contribution in [3.63, 3.8) is 0 Å². The molecule has 0 radical (unpaired) electrons. The molecule has 2 aliphatic rings. The molecular weight excluding hydrogens is 433 g/mol. The predicted molar refractivity (Wildman–Crippen MR) is 117 cm³/mol. The van der Waals surface area contributed by atoms with Crippen molar-refractivity contribution in [3.8, 4) is 11.1 Å². The second kappa shape index (κ2) is 8.74.